The van der Waals surface area contributed by atoms with Gasteiger partial charge in [0.05, 0.1) is 24.8 Å². The summed E-state index contributed by atoms with van der Waals surface area (Å²) in [5.41, 5.74) is 4.34. The predicted octanol–water partition coefficient (Wildman–Crippen LogP) is 5.07. The van der Waals surface area contributed by atoms with E-state index in [4.69, 9.17) is 9.47 Å². The van der Waals surface area contributed by atoms with Crippen LogP contribution in [-0.4, -0.2) is 48.2 Å². The minimum Gasteiger partial charge on any atom is -0.493 e. The number of sulfonamides is 1. The number of ether oxygens (including phenoxy) is 2. The van der Waals surface area contributed by atoms with Gasteiger partial charge in [-0.05, 0) is 85.7 Å². The maximum Gasteiger partial charge on any atom is 0.264 e. The summed E-state index contributed by atoms with van der Waals surface area (Å²) in [6.45, 7) is 8.11. The number of methoxy groups -OCH3 is 2. The Hall–Kier alpha value is -3.72. The zero-order valence-electron chi connectivity index (χ0n) is 23.9. The second-order valence-corrected chi connectivity index (χ2v) is 12.4. The molecular weight excluding hydrogens is 526 g/mol. The second-order valence-electron chi connectivity index (χ2n) is 10.5. The van der Waals surface area contributed by atoms with Crippen LogP contribution in [0.1, 0.15) is 36.5 Å². The van der Waals surface area contributed by atoms with Crippen molar-refractivity contribution in [1.29, 1.82) is 0 Å². The number of carbonyl (C=O) groups excluding carboxylic acids is 1. The van der Waals surface area contributed by atoms with Crippen molar-refractivity contribution in [3.05, 3.63) is 77.4 Å². The Labute approximate surface area is 238 Å². The van der Waals surface area contributed by atoms with E-state index in [1.807, 2.05) is 32.0 Å². The number of nitrogens with one attached hydrogen (secondary N) is 1. The van der Waals surface area contributed by atoms with Crippen molar-refractivity contribution in [3.8, 4) is 11.5 Å². The number of amides is 1. The minimum atomic E-state index is -4.11. The number of piperidine rings is 1. The van der Waals surface area contributed by atoms with Crippen molar-refractivity contribution in [2.24, 2.45) is 5.92 Å². The van der Waals surface area contributed by atoms with Crippen LogP contribution in [0.5, 0.6) is 11.5 Å². The van der Waals surface area contributed by atoms with Crippen LogP contribution >= 0.6 is 0 Å². The Balaban J connectivity index is 1.53. The number of hydrogen-bond acceptors (Lipinski definition) is 6. The van der Waals surface area contributed by atoms with Crippen LogP contribution < -0.4 is 24.0 Å². The van der Waals surface area contributed by atoms with Gasteiger partial charge >= 0.3 is 0 Å². The first-order valence-corrected chi connectivity index (χ1v) is 15.0. The summed E-state index contributed by atoms with van der Waals surface area (Å²) >= 11 is 0. The van der Waals surface area contributed by atoms with Gasteiger partial charge in [0.1, 0.15) is 6.54 Å². The van der Waals surface area contributed by atoms with E-state index in [-0.39, 0.29) is 17.2 Å². The van der Waals surface area contributed by atoms with Crippen molar-refractivity contribution in [1.82, 2.24) is 5.32 Å². The molecule has 0 aromatic heterocycles. The average molecular weight is 566 g/mol. The third-order valence-electron chi connectivity index (χ3n) is 7.17. The Morgan fingerprint density at radius 2 is 1.65 bits per heavy atom. The topological polar surface area (TPSA) is 88.2 Å². The van der Waals surface area contributed by atoms with E-state index in [9.17, 15) is 13.2 Å². The summed E-state index contributed by atoms with van der Waals surface area (Å²) in [6.07, 6.45) is 2.46. The van der Waals surface area contributed by atoms with Crippen LogP contribution in [0.25, 0.3) is 0 Å². The SMILES string of the molecule is COc1ccc(S(=O)(=O)N(CC(=O)NCc2ccc(N3CCCC(C)C3)cc2)c2cc(C)cc(C)c2)cc1OC. The molecule has 3 aromatic carbocycles. The number of anilines is 2. The van der Waals surface area contributed by atoms with E-state index in [1.165, 1.54) is 44.9 Å². The van der Waals surface area contributed by atoms with Crippen molar-refractivity contribution >= 4 is 27.3 Å². The molecule has 1 fully saturated rings. The van der Waals surface area contributed by atoms with E-state index < -0.39 is 15.9 Å². The third-order valence-corrected chi connectivity index (χ3v) is 8.94. The van der Waals surface area contributed by atoms with Gasteiger partial charge in [0.25, 0.3) is 10.0 Å². The third kappa shape index (κ3) is 6.88. The Kier molecular flexibility index (Phi) is 9.25. The number of carbonyl (C=O) groups is 1. The first-order chi connectivity index (χ1) is 19.1. The summed E-state index contributed by atoms with van der Waals surface area (Å²) in [4.78, 5) is 15.6. The molecular formula is C31H39N3O5S. The molecule has 1 unspecified atom stereocenters. The fraction of sp³-hybridized carbons (Fsp3) is 0.387. The van der Waals surface area contributed by atoms with E-state index >= 15 is 0 Å². The highest BCUT2D eigenvalue weighted by Gasteiger charge is 2.29. The molecule has 1 atom stereocenters. The lowest BCUT2D eigenvalue weighted by Crippen LogP contribution is -2.40. The molecule has 9 heteroatoms. The Morgan fingerprint density at radius 1 is 0.975 bits per heavy atom. The summed E-state index contributed by atoms with van der Waals surface area (Å²) in [6, 6.07) is 18.1. The zero-order chi connectivity index (χ0) is 28.9. The van der Waals surface area contributed by atoms with Gasteiger partial charge in [-0.2, -0.15) is 0 Å². The van der Waals surface area contributed by atoms with Gasteiger partial charge in [-0.1, -0.05) is 25.1 Å². The Bertz CT molecular complexity index is 1420. The molecule has 0 radical (unpaired) electrons. The number of hydrogen-bond donors (Lipinski definition) is 1. The van der Waals surface area contributed by atoms with Crippen LogP contribution in [0, 0.1) is 19.8 Å². The van der Waals surface area contributed by atoms with Crippen LogP contribution in [0.2, 0.25) is 0 Å². The fourth-order valence-corrected chi connectivity index (χ4v) is 6.57. The van der Waals surface area contributed by atoms with Crippen LogP contribution in [0.4, 0.5) is 11.4 Å². The molecule has 1 N–H and O–H groups in total. The molecule has 3 aromatic rings. The van der Waals surface area contributed by atoms with Gasteiger partial charge in [0, 0.05) is 31.4 Å². The first-order valence-electron chi connectivity index (χ1n) is 13.5. The van der Waals surface area contributed by atoms with Crippen LogP contribution in [-0.2, 0) is 21.4 Å². The van der Waals surface area contributed by atoms with Crippen LogP contribution in [0.15, 0.2) is 65.6 Å². The normalized spacial score (nSPS) is 15.4. The van der Waals surface area contributed by atoms with Gasteiger partial charge in [0.15, 0.2) is 11.5 Å². The molecule has 0 aliphatic carbocycles. The summed E-state index contributed by atoms with van der Waals surface area (Å²) in [5.74, 6) is 0.981. The van der Waals surface area contributed by atoms with Crippen molar-refractivity contribution < 1.29 is 22.7 Å². The number of benzene rings is 3. The highest BCUT2D eigenvalue weighted by molar-refractivity contribution is 7.92. The zero-order valence-corrected chi connectivity index (χ0v) is 24.8. The highest BCUT2D eigenvalue weighted by atomic mass is 32.2. The molecule has 1 aliphatic rings. The predicted molar refractivity (Wildman–Crippen MR) is 159 cm³/mol. The summed E-state index contributed by atoms with van der Waals surface area (Å²) in [5, 5.41) is 2.90. The summed E-state index contributed by atoms with van der Waals surface area (Å²) < 4.78 is 39.5. The largest absolute Gasteiger partial charge is 0.493 e. The lowest BCUT2D eigenvalue weighted by molar-refractivity contribution is -0.119. The maximum atomic E-state index is 13.9. The fourth-order valence-electron chi connectivity index (χ4n) is 5.15. The molecule has 40 heavy (non-hydrogen) atoms. The summed E-state index contributed by atoms with van der Waals surface area (Å²) in [7, 11) is -1.18. The van der Waals surface area contributed by atoms with Crippen molar-refractivity contribution in [3.63, 3.8) is 0 Å². The standard InChI is InChI=1S/C31H39N3O5S/c1-22-7-6-14-33(20-22)26-10-8-25(9-11-26)19-32-31(35)21-34(27-16-23(2)15-24(3)17-27)40(36,37)28-12-13-29(38-4)30(18-28)39-5/h8-13,15-18,22H,6-7,14,19-21H2,1-5H3,(H,32,35). The second kappa shape index (κ2) is 12.6. The number of rotatable bonds is 10. The number of nitrogens with zero attached hydrogens (tertiary/aromatic N) is 2. The first kappa shape index (κ1) is 29.3. The molecule has 1 aliphatic heterocycles. The Morgan fingerprint density at radius 3 is 2.27 bits per heavy atom. The van der Waals surface area contributed by atoms with Gasteiger partial charge in [0.2, 0.25) is 5.91 Å². The molecule has 1 saturated heterocycles. The van der Waals surface area contributed by atoms with Crippen molar-refractivity contribution in [2.75, 3.05) is 43.1 Å². The molecule has 8 nitrogen and oxygen atoms in total. The van der Waals surface area contributed by atoms with E-state index in [1.54, 1.807) is 18.2 Å². The van der Waals surface area contributed by atoms with Gasteiger partial charge < -0.3 is 19.7 Å². The van der Waals surface area contributed by atoms with Crippen LogP contribution in [0.3, 0.4) is 0 Å². The lowest BCUT2D eigenvalue weighted by atomic mass is 9.99. The average Bonchev–Trinajstić information content (AvgIpc) is 2.94. The lowest BCUT2D eigenvalue weighted by Gasteiger charge is -2.32. The molecule has 4 rings (SSSR count). The number of aryl methyl sites for hydroxylation is 2. The minimum absolute atomic E-state index is 0.000251. The molecule has 0 bridgehead atoms. The molecule has 1 heterocycles. The quantitative estimate of drug-likeness (QED) is 0.369. The monoisotopic (exact) mass is 565 g/mol. The smallest absolute Gasteiger partial charge is 0.264 e. The van der Waals surface area contributed by atoms with Crippen molar-refractivity contribution in [2.45, 2.75) is 45.1 Å². The van der Waals surface area contributed by atoms with E-state index in [0.29, 0.717) is 23.9 Å². The molecule has 0 spiro atoms. The maximum absolute atomic E-state index is 13.9. The van der Waals surface area contributed by atoms with Gasteiger partial charge in [-0.3, -0.25) is 9.10 Å². The van der Waals surface area contributed by atoms with Gasteiger partial charge in [-0.15, -0.1) is 0 Å². The van der Waals surface area contributed by atoms with E-state index in [0.717, 1.165) is 34.1 Å². The van der Waals surface area contributed by atoms with Gasteiger partial charge in [-0.25, -0.2) is 8.42 Å². The molecule has 214 valence electrons. The molecule has 0 saturated carbocycles. The highest BCUT2D eigenvalue weighted by Crippen LogP contribution is 2.32. The molecule has 1 amide bonds. The van der Waals surface area contributed by atoms with E-state index in [2.05, 4.69) is 29.3 Å².